The highest BCUT2D eigenvalue weighted by atomic mass is 35.5. The van der Waals surface area contributed by atoms with Crippen molar-refractivity contribution in [2.45, 2.75) is 32.2 Å². The summed E-state index contributed by atoms with van der Waals surface area (Å²) in [6.07, 6.45) is 2.50. The van der Waals surface area contributed by atoms with Gasteiger partial charge in [-0.2, -0.15) is 0 Å². The Hall–Kier alpha value is -2.25. The van der Waals surface area contributed by atoms with Crippen LogP contribution in [0.25, 0.3) is 0 Å². The maximum absolute atomic E-state index is 12.4. The number of hydrogen-bond donors (Lipinski definition) is 1. The second kappa shape index (κ2) is 10.5. The largest absolute Gasteiger partial charge is 0.497 e. The number of hydrogen-bond acceptors (Lipinski definition) is 4. The molecule has 0 aliphatic heterocycles. The summed E-state index contributed by atoms with van der Waals surface area (Å²) in [6, 6.07) is 14.1. The molecule has 1 N–H and O–H groups in total. The average Bonchev–Trinajstić information content (AvgIpc) is 2.68. The van der Waals surface area contributed by atoms with E-state index in [1.54, 1.807) is 31.4 Å². The predicted octanol–water partition coefficient (Wildman–Crippen LogP) is 4.16. The highest BCUT2D eigenvalue weighted by Gasteiger charge is 2.19. The van der Waals surface area contributed by atoms with Crippen molar-refractivity contribution in [2.75, 3.05) is 24.2 Å². The zero-order chi connectivity index (χ0) is 21.4. The molecule has 0 fully saturated rings. The van der Waals surface area contributed by atoms with Crippen LogP contribution in [0.4, 0.5) is 5.69 Å². The van der Waals surface area contributed by atoms with Gasteiger partial charge in [0.1, 0.15) is 5.75 Å². The van der Waals surface area contributed by atoms with E-state index >= 15 is 0 Å². The van der Waals surface area contributed by atoms with Gasteiger partial charge in [0.15, 0.2) is 0 Å². The first-order valence-corrected chi connectivity index (χ1v) is 11.6. The molecule has 8 heteroatoms. The third kappa shape index (κ3) is 6.94. The summed E-state index contributed by atoms with van der Waals surface area (Å²) in [4.78, 5) is 12.4. The molecule has 0 bridgehead atoms. The van der Waals surface area contributed by atoms with Gasteiger partial charge in [-0.05, 0) is 48.7 Å². The summed E-state index contributed by atoms with van der Waals surface area (Å²) in [5.74, 6) is 0.643. The zero-order valence-corrected chi connectivity index (χ0v) is 18.5. The SMILES string of the molecule is CC[C@@H](NC(=O)CCCN(c1cccc(Cl)c1)S(C)(=O)=O)c1ccc(OC)cc1. The maximum atomic E-state index is 12.4. The highest BCUT2D eigenvalue weighted by Crippen LogP contribution is 2.23. The first-order valence-electron chi connectivity index (χ1n) is 9.41. The number of ether oxygens (including phenoxy) is 1. The minimum atomic E-state index is -3.48. The summed E-state index contributed by atoms with van der Waals surface area (Å²) in [6.45, 7) is 2.20. The molecule has 1 amide bonds. The number of anilines is 1. The van der Waals surface area contributed by atoms with Gasteiger partial charge in [0.2, 0.25) is 15.9 Å². The Morgan fingerprint density at radius 2 is 1.90 bits per heavy atom. The molecule has 1 atom stereocenters. The number of carbonyl (C=O) groups is 1. The molecule has 2 aromatic carbocycles. The lowest BCUT2D eigenvalue weighted by Gasteiger charge is -2.23. The molecule has 0 saturated carbocycles. The van der Waals surface area contributed by atoms with Gasteiger partial charge in [-0.25, -0.2) is 8.42 Å². The fourth-order valence-corrected chi connectivity index (χ4v) is 4.17. The summed E-state index contributed by atoms with van der Waals surface area (Å²) in [5.41, 5.74) is 1.49. The Labute approximate surface area is 177 Å². The van der Waals surface area contributed by atoms with Gasteiger partial charge < -0.3 is 10.1 Å². The Bertz CT molecular complexity index is 917. The van der Waals surface area contributed by atoms with E-state index in [0.29, 0.717) is 17.1 Å². The monoisotopic (exact) mass is 438 g/mol. The van der Waals surface area contributed by atoms with Crippen molar-refractivity contribution in [2.24, 2.45) is 0 Å². The first-order chi connectivity index (χ1) is 13.7. The lowest BCUT2D eigenvalue weighted by Crippen LogP contribution is -2.33. The van der Waals surface area contributed by atoms with E-state index in [2.05, 4.69) is 5.32 Å². The highest BCUT2D eigenvalue weighted by molar-refractivity contribution is 7.92. The lowest BCUT2D eigenvalue weighted by atomic mass is 10.0. The fourth-order valence-electron chi connectivity index (χ4n) is 3.02. The Morgan fingerprint density at radius 3 is 2.45 bits per heavy atom. The summed E-state index contributed by atoms with van der Waals surface area (Å²) >= 11 is 5.98. The van der Waals surface area contributed by atoms with E-state index in [1.807, 2.05) is 31.2 Å². The van der Waals surface area contributed by atoms with Crippen LogP contribution < -0.4 is 14.4 Å². The summed E-state index contributed by atoms with van der Waals surface area (Å²) in [5, 5.41) is 3.47. The van der Waals surface area contributed by atoms with E-state index in [1.165, 1.54) is 4.31 Å². The molecule has 0 unspecified atom stereocenters. The smallest absolute Gasteiger partial charge is 0.232 e. The molecule has 2 rings (SSSR count). The van der Waals surface area contributed by atoms with Crippen LogP contribution >= 0.6 is 11.6 Å². The van der Waals surface area contributed by atoms with E-state index in [9.17, 15) is 13.2 Å². The number of halogens is 1. The van der Waals surface area contributed by atoms with Crippen molar-refractivity contribution >= 4 is 33.2 Å². The van der Waals surface area contributed by atoms with E-state index in [4.69, 9.17) is 16.3 Å². The number of nitrogens with zero attached hydrogens (tertiary/aromatic N) is 1. The van der Waals surface area contributed by atoms with Crippen LogP contribution in [0, 0.1) is 0 Å². The number of nitrogens with one attached hydrogen (secondary N) is 1. The van der Waals surface area contributed by atoms with Crippen molar-refractivity contribution in [3.63, 3.8) is 0 Å². The van der Waals surface area contributed by atoms with Gasteiger partial charge in [-0.15, -0.1) is 0 Å². The number of sulfonamides is 1. The second-order valence-corrected chi connectivity index (χ2v) is 9.06. The van der Waals surface area contributed by atoms with Crippen molar-refractivity contribution in [1.29, 1.82) is 0 Å². The molecule has 0 saturated heterocycles. The van der Waals surface area contributed by atoms with Crippen LogP contribution in [-0.4, -0.2) is 34.2 Å². The third-order valence-corrected chi connectivity index (χ3v) is 5.95. The van der Waals surface area contributed by atoms with Crippen LogP contribution in [-0.2, 0) is 14.8 Å². The molecule has 0 heterocycles. The van der Waals surface area contributed by atoms with Crippen molar-refractivity contribution in [3.8, 4) is 5.75 Å². The van der Waals surface area contributed by atoms with Crippen LogP contribution in [0.2, 0.25) is 5.02 Å². The molecule has 158 valence electrons. The van der Waals surface area contributed by atoms with Gasteiger partial charge in [0.25, 0.3) is 0 Å². The first kappa shape index (κ1) is 23.0. The molecule has 29 heavy (non-hydrogen) atoms. The predicted molar refractivity (Wildman–Crippen MR) is 117 cm³/mol. The molecule has 0 radical (unpaired) electrons. The normalized spacial score (nSPS) is 12.3. The van der Waals surface area contributed by atoms with Crippen molar-refractivity contribution in [1.82, 2.24) is 5.32 Å². The number of carbonyl (C=O) groups excluding carboxylic acids is 1. The zero-order valence-electron chi connectivity index (χ0n) is 16.9. The molecule has 6 nitrogen and oxygen atoms in total. The van der Waals surface area contributed by atoms with Gasteiger partial charge in [-0.1, -0.05) is 36.7 Å². The number of methoxy groups -OCH3 is 1. The van der Waals surface area contributed by atoms with E-state index in [0.717, 1.165) is 24.0 Å². The van der Waals surface area contributed by atoms with Gasteiger partial charge >= 0.3 is 0 Å². The van der Waals surface area contributed by atoms with Crippen LogP contribution in [0.1, 0.15) is 37.8 Å². The molecule has 2 aromatic rings. The molecular formula is C21H27ClN2O4S. The lowest BCUT2D eigenvalue weighted by molar-refractivity contribution is -0.121. The minimum Gasteiger partial charge on any atom is -0.497 e. The van der Waals surface area contributed by atoms with E-state index < -0.39 is 10.0 Å². The third-order valence-electron chi connectivity index (χ3n) is 4.52. The Morgan fingerprint density at radius 1 is 1.21 bits per heavy atom. The molecule has 0 spiro atoms. The van der Waals surface area contributed by atoms with Gasteiger partial charge in [0, 0.05) is 18.0 Å². The summed E-state index contributed by atoms with van der Waals surface area (Å²) in [7, 11) is -1.87. The maximum Gasteiger partial charge on any atom is 0.232 e. The topological polar surface area (TPSA) is 75.7 Å². The molecular weight excluding hydrogens is 412 g/mol. The summed E-state index contributed by atoms with van der Waals surface area (Å²) < 4.78 is 30.7. The molecule has 0 aromatic heterocycles. The van der Waals surface area contributed by atoms with Gasteiger partial charge in [-0.3, -0.25) is 9.10 Å². The minimum absolute atomic E-state index is 0.104. The number of rotatable bonds is 10. The second-order valence-electron chi connectivity index (χ2n) is 6.72. The number of amides is 1. The van der Waals surface area contributed by atoms with Crippen molar-refractivity contribution < 1.29 is 17.9 Å². The van der Waals surface area contributed by atoms with Crippen molar-refractivity contribution in [3.05, 3.63) is 59.1 Å². The average molecular weight is 439 g/mol. The molecule has 0 aliphatic rings. The van der Waals surface area contributed by atoms with E-state index in [-0.39, 0.29) is 24.9 Å². The Balaban J connectivity index is 1.95. The van der Waals surface area contributed by atoms with Crippen LogP contribution in [0.3, 0.4) is 0 Å². The Kier molecular flexibility index (Phi) is 8.34. The fraction of sp³-hybridized carbons (Fsp3) is 0.381. The number of benzene rings is 2. The van der Waals surface area contributed by atoms with Gasteiger partial charge in [0.05, 0.1) is 25.1 Å². The molecule has 0 aliphatic carbocycles. The quantitative estimate of drug-likeness (QED) is 0.604. The van der Waals surface area contributed by atoms with Crippen LogP contribution in [0.5, 0.6) is 5.75 Å². The standard InChI is InChI=1S/C21H27ClN2O4S/c1-4-20(16-10-12-19(28-2)13-11-16)23-21(25)9-6-14-24(29(3,26)27)18-8-5-7-17(22)15-18/h5,7-8,10-13,15,20H,4,6,9,14H2,1-3H3,(H,23,25)/t20-/m1/s1. The van der Waals surface area contributed by atoms with Crippen LogP contribution in [0.15, 0.2) is 48.5 Å².